The van der Waals surface area contributed by atoms with Crippen LogP contribution in [0.15, 0.2) is 17.3 Å². The lowest BCUT2D eigenvalue weighted by Crippen LogP contribution is -2.23. The summed E-state index contributed by atoms with van der Waals surface area (Å²) in [7, 11) is 0. The van der Waals surface area contributed by atoms with Crippen molar-refractivity contribution in [3.05, 3.63) is 12.2 Å². The molecular weight excluding hydrogens is 202 g/mol. The molecule has 0 spiro atoms. The lowest BCUT2D eigenvalue weighted by molar-refractivity contribution is -0.129. The Labute approximate surface area is 86.7 Å². The molecule has 1 rings (SSSR count). The Morgan fingerprint density at radius 1 is 1.57 bits per heavy atom. The third kappa shape index (κ3) is 2.51. The lowest BCUT2D eigenvalue weighted by atomic mass is 10.2. The summed E-state index contributed by atoms with van der Waals surface area (Å²) >= 11 is 1.51. The molecule has 2 unspecified atom stereocenters. The molecule has 14 heavy (non-hydrogen) atoms. The molecule has 1 heterocycles. The van der Waals surface area contributed by atoms with Crippen LogP contribution in [0.25, 0.3) is 0 Å². The fourth-order valence-corrected chi connectivity index (χ4v) is 2.72. The number of carbonyl (C=O) groups is 1. The summed E-state index contributed by atoms with van der Waals surface area (Å²) in [6.45, 7) is 2.08. The smallest absolute Gasteiger partial charge is 0.355 e. The molecule has 0 aromatic heterocycles. The Bertz CT molecular complexity index is 275. The quantitative estimate of drug-likeness (QED) is 0.324. The zero-order valence-corrected chi connectivity index (χ0v) is 8.70. The van der Waals surface area contributed by atoms with Crippen LogP contribution < -0.4 is 0 Å². The minimum atomic E-state index is -1.16. The molecule has 4 nitrogen and oxygen atoms in total. The van der Waals surface area contributed by atoms with Crippen LogP contribution in [0.4, 0.5) is 0 Å². The lowest BCUT2D eigenvalue weighted by Gasteiger charge is -2.09. The molecular formula is C9H13NO3S. The van der Waals surface area contributed by atoms with Crippen LogP contribution in [-0.4, -0.2) is 32.5 Å². The van der Waals surface area contributed by atoms with Gasteiger partial charge in [0.25, 0.3) is 0 Å². The molecule has 0 saturated carbocycles. The topological polar surface area (TPSA) is 69.9 Å². The maximum atomic E-state index is 10.6. The Hall–Kier alpha value is -0.970. The van der Waals surface area contributed by atoms with Crippen molar-refractivity contribution in [2.24, 2.45) is 5.16 Å². The van der Waals surface area contributed by atoms with Crippen molar-refractivity contribution < 1.29 is 15.1 Å². The summed E-state index contributed by atoms with van der Waals surface area (Å²) in [4.78, 5) is 10.6. The maximum absolute atomic E-state index is 10.6. The fraction of sp³-hybridized carbons (Fsp3) is 0.556. The van der Waals surface area contributed by atoms with Gasteiger partial charge in [-0.05, 0) is 6.42 Å². The van der Waals surface area contributed by atoms with Crippen LogP contribution in [0.1, 0.15) is 19.8 Å². The number of carboxylic acid groups (broad SMARTS) is 1. The summed E-state index contributed by atoms with van der Waals surface area (Å²) in [5.41, 5.74) is -0.190. The highest BCUT2D eigenvalue weighted by atomic mass is 32.2. The minimum absolute atomic E-state index is 0.190. The molecule has 5 heteroatoms. The first kappa shape index (κ1) is 11.1. The van der Waals surface area contributed by atoms with Gasteiger partial charge in [0.15, 0.2) is 5.71 Å². The summed E-state index contributed by atoms with van der Waals surface area (Å²) in [6, 6.07) is 0. The fourth-order valence-electron chi connectivity index (χ4n) is 1.33. The van der Waals surface area contributed by atoms with Gasteiger partial charge in [0, 0.05) is 5.25 Å². The van der Waals surface area contributed by atoms with E-state index >= 15 is 0 Å². The molecule has 2 atom stereocenters. The molecule has 0 fully saturated rings. The first-order valence-corrected chi connectivity index (χ1v) is 5.42. The molecule has 0 aromatic rings. The second-order valence-electron chi connectivity index (χ2n) is 3.06. The highest BCUT2D eigenvalue weighted by Gasteiger charge is 2.27. The third-order valence-electron chi connectivity index (χ3n) is 1.99. The number of hydrogen-bond acceptors (Lipinski definition) is 4. The molecule has 2 N–H and O–H groups in total. The Kier molecular flexibility index (Phi) is 4.00. The van der Waals surface area contributed by atoms with E-state index in [0.717, 1.165) is 12.8 Å². The predicted octanol–water partition coefficient (Wildman–Crippen LogP) is 1.74. The van der Waals surface area contributed by atoms with Gasteiger partial charge in [-0.2, -0.15) is 0 Å². The average Bonchev–Trinajstić information content (AvgIpc) is 2.54. The SMILES string of the molecule is CCCC1C=CC(/C(=N/O)C(=O)O)S1. The van der Waals surface area contributed by atoms with Crippen LogP contribution >= 0.6 is 11.8 Å². The predicted molar refractivity (Wildman–Crippen MR) is 56.1 cm³/mol. The van der Waals surface area contributed by atoms with E-state index in [0.29, 0.717) is 5.25 Å². The van der Waals surface area contributed by atoms with Crippen LogP contribution in [0.3, 0.4) is 0 Å². The highest BCUT2D eigenvalue weighted by molar-refractivity contribution is 8.01. The van der Waals surface area contributed by atoms with E-state index in [1.54, 1.807) is 6.08 Å². The number of carboxylic acids is 1. The van der Waals surface area contributed by atoms with Crippen LogP contribution in [-0.2, 0) is 4.79 Å². The van der Waals surface area contributed by atoms with E-state index in [-0.39, 0.29) is 11.0 Å². The summed E-state index contributed by atoms with van der Waals surface area (Å²) < 4.78 is 0. The standard InChI is InChI=1S/C9H13NO3S/c1-2-3-6-4-5-7(14-6)8(10-13)9(11)12/h4-7,13H,2-3H2,1H3,(H,11,12)/b10-8-. The average molecular weight is 215 g/mol. The molecule has 0 aromatic carbocycles. The van der Waals surface area contributed by atoms with Crippen molar-refractivity contribution in [3.63, 3.8) is 0 Å². The second-order valence-corrected chi connectivity index (χ2v) is 4.44. The Morgan fingerprint density at radius 3 is 2.79 bits per heavy atom. The minimum Gasteiger partial charge on any atom is -0.477 e. The Morgan fingerprint density at radius 2 is 2.29 bits per heavy atom. The summed E-state index contributed by atoms with van der Waals surface area (Å²) in [5.74, 6) is -1.16. The zero-order chi connectivity index (χ0) is 10.6. The molecule has 0 bridgehead atoms. The molecule has 0 amide bonds. The second kappa shape index (κ2) is 5.05. The Balaban J connectivity index is 2.58. The number of hydrogen-bond donors (Lipinski definition) is 2. The van der Waals surface area contributed by atoms with Crippen LogP contribution in [0.2, 0.25) is 0 Å². The van der Waals surface area contributed by atoms with Crippen molar-refractivity contribution >= 4 is 23.4 Å². The van der Waals surface area contributed by atoms with Gasteiger partial charge >= 0.3 is 5.97 Å². The first-order chi connectivity index (χ1) is 6.69. The van der Waals surface area contributed by atoms with E-state index < -0.39 is 5.97 Å². The van der Waals surface area contributed by atoms with Gasteiger partial charge in [0.2, 0.25) is 0 Å². The molecule has 0 aliphatic carbocycles. The van der Waals surface area contributed by atoms with Gasteiger partial charge in [-0.3, -0.25) is 0 Å². The van der Waals surface area contributed by atoms with Gasteiger partial charge < -0.3 is 10.3 Å². The van der Waals surface area contributed by atoms with E-state index in [9.17, 15) is 4.79 Å². The van der Waals surface area contributed by atoms with Crippen molar-refractivity contribution in [2.45, 2.75) is 30.3 Å². The molecule has 78 valence electrons. The van der Waals surface area contributed by atoms with Gasteiger partial charge in [0.1, 0.15) is 0 Å². The van der Waals surface area contributed by atoms with Crippen molar-refractivity contribution in [1.82, 2.24) is 0 Å². The summed E-state index contributed by atoms with van der Waals surface area (Å²) in [5, 5.41) is 20.1. The maximum Gasteiger partial charge on any atom is 0.355 e. The zero-order valence-electron chi connectivity index (χ0n) is 7.88. The van der Waals surface area contributed by atoms with E-state index in [1.807, 2.05) is 6.08 Å². The van der Waals surface area contributed by atoms with Gasteiger partial charge in [0.05, 0.1) is 5.25 Å². The molecule has 1 aliphatic rings. The first-order valence-electron chi connectivity index (χ1n) is 4.48. The van der Waals surface area contributed by atoms with Crippen molar-refractivity contribution in [1.29, 1.82) is 0 Å². The largest absolute Gasteiger partial charge is 0.477 e. The molecule has 0 radical (unpaired) electrons. The summed E-state index contributed by atoms with van der Waals surface area (Å²) in [6.07, 6.45) is 5.85. The van der Waals surface area contributed by atoms with Gasteiger partial charge in [-0.1, -0.05) is 30.7 Å². The number of thioether (sulfide) groups is 1. The van der Waals surface area contributed by atoms with E-state index in [2.05, 4.69) is 12.1 Å². The molecule has 1 aliphatic heterocycles. The number of nitrogens with zero attached hydrogens (tertiary/aromatic N) is 1. The molecule has 0 saturated heterocycles. The van der Waals surface area contributed by atoms with E-state index in [4.69, 9.17) is 10.3 Å². The number of oxime groups is 1. The highest BCUT2D eigenvalue weighted by Crippen LogP contribution is 2.31. The van der Waals surface area contributed by atoms with Gasteiger partial charge in [-0.25, -0.2) is 4.79 Å². The van der Waals surface area contributed by atoms with Crippen molar-refractivity contribution in [3.8, 4) is 0 Å². The monoisotopic (exact) mass is 215 g/mol. The third-order valence-corrected chi connectivity index (χ3v) is 3.41. The van der Waals surface area contributed by atoms with Crippen LogP contribution in [0.5, 0.6) is 0 Å². The van der Waals surface area contributed by atoms with Crippen LogP contribution in [0, 0.1) is 0 Å². The number of aliphatic carboxylic acids is 1. The van der Waals surface area contributed by atoms with E-state index in [1.165, 1.54) is 11.8 Å². The van der Waals surface area contributed by atoms with Gasteiger partial charge in [-0.15, -0.1) is 11.8 Å². The normalized spacial score (nSPS) is 26.8. The number of rotatable bonds is 4. The van der Waals surface area contributed by atoms with Crippen molar-refractivity contribution in [2.75, 3.05) is 0 Å².